The summed E-state index contributed by atoms with van der Waals surface area (Å²) >= 11 is 3.20. The zero-order valence-corrected chi connectivity index (χ0v) is 13.3. The summed E-state index contributed by atoms with van der Waals surface area (Å²) in [5.41, 5.74) is 0.0937. The maximum absolute atomic E-state index is 11.0. The number of carbonyl (C=O) groups excluding carboxylic acids is 1. The molecule has 0 rings (SSSR count). The summed E-state index contributed by atoms with van der Waals surface area (Å²) in [5.74, 6) is 0. The molecule has 0 aliphatic heterocycles. The molecule has 0 saturated heterocycles. The van der Waals surface area contributed by atoms with Crippen molar-refractivity contribution >= 4 is 34.7 Å². The molecule has 4 nitrogen and oxygen atoms in total. The molecule has 0 radical (unpaired) electrons. The lowest BCUT2D eigenvalue weighted by atomic mass is 9.93. The van der Waals surface area contributed by atoms with E-state index < -0.39 is 6.09 Å². The van der Waals surface area contributed by atoms with Gasteiger partial charge in [-0.2, -0.15) is 0 Å². The fraction of sp³-hybridized carbons (Fsp3) is 0.667. The van der Waals surface area contributed by atoms with Gasteiger partial charge in [0.25, 0.3) is 0 Å². The average molecular weight is 290 g/mol. The van der Waals surface area contributed by atoms with Crippen molar-refractivity contribution in [1.82, 2.24) is 5.32 Å². The highest BCUT2D eigenvalue weighted by Gasteiger charge is 2.18. The van der Waals surface area contributed by atoms with Crippen LogP contribution in [0.25, 0.3) is 0 Å². The van der Waals surface area contributed by atoms with Gasteiger partial charge >= 0.3 is 6.09 Å². The molecule has 1 N–H and O–H groups in total. The van der Waals surface area contributed by atoms with Gasteiger partial charge in [-0.05, 0) is 17.7 Å². The molecule has 0 aromatic heterocycles. The monoisotopic (exact) mass is 290 g/mol. The molecule has 0 aliphatic carbocycles. The van der Waals surface area contributed by atoms with Gasteiger partial charge in [-0.1, -0.05) is 44.3 Å². The van der Waals surface area contributed by atoms with Gasteiger partial charge in [0.15, 0.2) is 0 Å². The topological polar surface area (TPSA) is 50.7 Å². The molecule has 104 valence electrons. The first kappa shape index (κ1) is 17.4. The summed E-state index contributed by atoms with van der Waals surface area (Å²) in [7, 11) is 1.50. The van der Waals surface area contributed by atoms with Crippen molar-refractivity contribution in [3.63, 3.8) is 0 Å². The number of thioether (sulfide) groups is 2. The number of oxime groups is 1. The number of rotatable bonds is 5. The van der Waals surface area contributed by atoms with Gasteiger partial charge in [-0.25, -0.2) is 4.79 Å². The zero-order chi connectivity index (χ0) is 14.2. The number of hydrogen-bond acceptors (Lipinski definition) is 5. The van der Waals surface area contributed by atoms with Crippen LogP contribution >= 0.6 is 23.5 Å². The van der Waals surface area contributed by atoms with E-state index in [2.05, 4.69) is 44.7 Å². The first-order valence-electron chi connectivity index (χ1n) is 5.67. The van der Waals surface area contributed by atoms with Crippen molar-refractivity contribution in [2.24, 2.45) is 10.6 Å². The Balaban J connectivity index is 4.60. The Morgan fingerprint density at radius 1 is 1.56 bits per heavy atom. The van der Waals surface area contributed by atoms with E-state index in [-0.39, 0.29) is 10.00 Å². The van der Waals surface area contributed by atoms with E-state index in [1.807, 2.05) is 0 Å². The minimum atomic E-state index is -0.550. The molecule has 0 spiro atoms. The van der Waals surface area contributed by atoms with Gasteiger partial charge < -0.3 is 5.32 Å². The zero-order valence-electron chi connectivity index (χ0n) is 11.6. The fourth-order valence-corrected chi connectivity index (χ4v) is 3.08. The predicted molar refractivity (Wildman–Crippen MR) is 81.9 cm³/mol. The first-order valence-corrected chi connectivity index (χ1v) is 7.49. The van der Waals surface area contributed by atoms with E-state index in [1.54, 1.807) is 28.9 Å². The molecule has 0 aromatic rings. The Bertz CT molecular complexity index is 312. The lowest BCUT2D eigenvalue weighted by molar-refractivity contribution is 0.153. The minimum absolute atomic E-state index is 0.0937. The van der Waals surface area contributed by atoms with Crippen LogP contribution in [0.4, 0.5) is 4.79 Å². The summed E-state index contributed by atoms with van der Waals surface area (Å²) in [6, 6.07) is 0. The Labute approximate surface area is 118 Å². The maximum atomic E-state index is 11.0. The third kappa shape index (κ3) is 9.41. The van der Waals surface area contributed by atoms with Crippen LogP contribution in [0, 0.1) is 5.41 Å². The van der Waals surface area contributed by atoms with E-state index in [1.165, 1.54) is 7.05 Å². The van der Waals surface area contributed by atoms with E-state index in [0.29, 0.717) is 0 Å². The van der Waals surface area contributed by atoms with E-state index in [0.717, 1.165) is 11.5 Å². The standard InChI is InChI=1S/C12H22N2O2S2/c1-7-17-9(2)18-10(8-12(3,4)5)14-16-11(15)13-6/h7,9H,1,8H2,2-6H3,(H,13,15). The average Bonchev–Trinajstić information content (AvgIpc) is 2.23. The van der Waals surface area contributed by atoms with Crippen LogP contribution < -0.4 is 5.32 Å². The van der Waals surface area contributed by atoms with Crippen LogP contribution in [0.2, 0.25) is 0 Å². The van der Waals surface area contributed by atoms with Crippen molar-refractivity contribution in [3.05, 3.63) is 12.0 Å². The highest BCUT2D eigenvalue weighted by atomic mass is 32.2. The highest BCUT2D eigenvalue weighted by molar-refractivity contribution is 8.25. The number of nitrogens with one attached hydrogen (secondary N) is 1. The Morgan fingerprint density at radius 2 is 2.17 bits per heavy atom. The van der Waals surface area contributed by atoms with Crippen molar-refractivity contribution < 1.29 is 9.63 Å². The number of hydrogen-bond donors (Lipinski definition) is 1. The molecule has 6 heteroatoms. The van der Waals surface area contributed by atoms with E-state index in [4.69, 9.17) is 4.84 Å². The highest BCUT2D eigenvalue weighted by Crippen LogP contribution is 2.30. The van der Waals surface area contributed by atoms with Gasteiger partial charge in [-0.15, -0.1) is 11.8 Å². The molecule has 1 unspecified atom stereocenters. The molecule has 0 aromatic carbocycles. The second kappa shape index (κ2) is 8.48. The molecule has 18 heavy (non-hydrogen) atoms. The predicted octanol–water partition coefficient (Wildman–Crippen LogP) is 4.05. The summed E-state index contributed by atoms with van der Waals surface area (Å²) in [6.45, 7) is 12.1. The SMILES string of the molecule is C=CSC(C)SC(CC(C)(C)C)=NOC(=O)NC. The normalized spacial score (nSPS) is 13.9. The summed E-state index contributed by atoms with van der Waals surface area (Å²) < 4.78 is 0.289. The molecule has 0 heterocycles. The lowest BCUT2D eigenvalue weighted by Gasteiger charge is -2.19. The summed E-state index contributed by atoms with van der Waals surface area (Å²) in [5, 5.41) is 8.90. The number of amides is 1. The molecule has 1 amide bonds. The molecule has 0 saturated carbocycles. The molecule has 1 atom stereocenters. The van der Waals surface area contributed by atoms with Crippen LogP contribution in [0.5, 0.6) is 0 Å². The minimum Gasteiger partial charge on any atom is -0.323 e. The van der Waals surface area contributed by atoms with Gasteiger partial charge in [0.05, 0.1) is 4.58 Å². The van der Waals surface area contributed by atoms with Gasteiger partial charge in [-0.3, -0.25) is 4.84 Å². The fourth-order valence-electron chi connectivity index (χ4n) is 1.04. The van der Waals surface area contributed by atoms with E-state index >= 15 is 0 Å². The lowest BCUT2D eigenvalue weighted by Crippen LogP contribution is -2.18. The molecule has 0 aliphatic rings. The maximum Gasteiger partial charge on any atom is 0.433 e. The van der Waals surface area contributed by atoms with Crippen molar-refractivity contribution in [3.8, 4) is 0 Å². The first-order chi connectivity index (χ1) is 8.28. The second-order valence-electron chi connectivity index (χ2n) is 4.84. The van der Waals surface area contributed by atoms with Crippen LogP contribution in [0.15, 0.2) is 17.1 Å². The Morgan fingerprint density at radius 3 is 2.61 bits per heavy atom. The van der Waals surface area contributed by atoms with Crippen LogP contribution in [0.1, 0.15) is 34.1 Å². The van der Waals surface area contributed by atoms with Crippen LogP contribution in [0.3, 0.4) is 0 Å². The van der Waals surface area contributed by atoms with Crippen molar-refractivity contribution in [2.75, 3.05) is 7.05 Å². The smallest absolute Gasteiger partial charge is 0.323 e. The molecular weight excluding hydrogens is 268 g/mol. The molecule has 0 fully saturated rings. The second-order valence-corrected chi connectivity index (χ2v) is 7.86. The Hall–Kier alpha value is -0.620. The number of nitrogens with zero attached hydrogens (tertiary/aromatic N) is 1. The quantitative estimate of drug-likeness (QED) is 0.273. The van der Waals surface area contributed by atoms with Crippen LogP contribution in [-0.2, 0) is 4.84 Å². The third-order valence-electron chi connectivity index (χ3n) is 1.71. The van der Waals surface area contributed by atoms with Crippen molar-refractivity contribution in [2.45, 2.75) is 38.7 Å². The van der Waals surface area contributed by atoms with Crippen LogP contribution in [-0.4, -0.2) is 22.8 Å². The number of carbonyl (C=O) groups is 1. The Kier molecular flexibility index (Phi) is 8.18. The van der Waals surface area contributed by atoms with Crippen molar-refractivity contribution in [1.29, 1.82) is 0 Å². The summed E-state index contributed by atoms with van der Waals surface area (Å²) in [6.07, 6.45) is 0.211. The third-order valence-corrected chi connectivity index (χ3v) is 3.73. The molecular formula is C12H22N2O2S2. The van der Waals surface area contributed by atoms with E-state index in [9.17, 15) is 4.79 Å². The van der Waals surface area contributed by atoms with Gasteiger partial charge in [0.1, 0.15) is 5.04 Å². The summed E-state index contributed by atoms with van der Waals surface area (Å²) in [4.78, 5) is 15.8. The van der Waals surface area contributed by atoms with Gasteiger partial charge in [0.2, 0.25) is 0 Å². The molecule has 0 bridgehead atoms. The largest absolute Gasteiger partial charge is 0.433 e. The van der Waals surface area contributed by atoms with Gasteiger partial charge in [0, 0.05) is 13.5 Å².